The highest BCUT2D eigenvalue weighted by atomic mass is 19.2. The summed E-state index contributed by atoms with van der Waals surface area (Å²) in [5.41, 5.74) is 0.428. The standard InChI is InChI=1S/C16H24F2N2O2/c1-10(11-5-6-13(17)14(18)7-11)19-15(22)20-12(9-21)8-16(2,3)4/h5-7,10,12,21H,8-9H2,1-4H3,(H2,19,20,22). The third-order valence-corrected chi connectivity index (χ3v) is 3.21. The zero-order valence-corrected chi connectivity index (χ0v) is 13.4. The number of aliphatic hydroxyl groups is 1. The SMILES string of the molecule is CC(NC(=O)NC(CO)CC(C)(C)C)c1ccc(F)c(F)c1. The molecule has 2 unspecified atom stereocenters. The molecule has 0 bridgehead atoms. The van der Waals surface area contributed by atoms with E-state index >= 15 is 0 Å². The molecule has 0 aliphatic heterocycles. The van der Waals surface area contributed by atoms with Crippen LogP contribution in [0.25, 0.3) is 0 Å². The molecule has 1 rings (SSSR count). The summed E-state index contributed by atoms with van der Waals surface area (Å²) in [5.74, 6) is -1.88. The smallest absolute Gasteiger partial charge is 0.315 e. The normalized spacial score (nSPS) is 14.3. The molecule has 0 spiro atoms. The van der Waals surface area contributed by atoms with Gasteiger partial charge in [0.1, 0.15) is 0 Å². The van der Waals surface area contributed by atoms with E-state index in [4.69, 9.17) is 0 Å². The first-order valence-electron chi connectivity index (χ1n) is 7.25. The molecule has 0 fully saturated rings. The van der Waals surface area contributed by atoms with Crippen LogP contribution in [0.2, 0.25) is 0 Å². The maximum atomic E-state index is 13.2. The molecular formula is C16H24F2N2O2. The van der Waals surface area contributed by atoms with Crippen molar-refractivity contribution in [1.29, 1.82) is 0 Å². The Labute approximate surface area is 129 Å². The number of benzene rings is 1. The maximum absolute atomic E-state index is 13.2. The van der Waals surface area contributed by atoms with Crippen LogP contribution >= 0.6 is 0 Å². The molecule has 1 aromatic rings. The number of carbonyl (C=O) groups is 1. The minimum Gasteiger partial charge on any atom is -0.394 e. The Hall–Kier alpha value is -1.69. The second-order valence-corrected chi connectivity index (χ2v) is 6.66. The van der Waals surface area contributed by atoms with Gasteiger partial charge in [-0.3, -0.25) is 0 Å². The fraction of sp³-hybridized carbons (Fsp3) is 0.562. The number of amides is 2. The predicted octanol–water partition coefficient (Wildman–Crippen LogP) is 3.12. The van der Waals surface area contributed by atoms with Gasteiger partial charge in [-0.05, 0) is 36.5 Å². The topological polar surface area (TPSA) is 61.4 Å². The van der Waals surface area contributed by atoms with Crippen LogP contribution in [-0.2, 0) is 0 Å². The summed E-state index contributed by atoms with van der Waals surface area (Å²) in [6, 6.07) is 2.19. The Morgan fingerprint density at radius 1 is 1.23 bits per heavy atom. The highest BCUT2D eigenvalue weighted by Crippen LogP contribution is 2.21. The van der Waals surface area contributed by atoms with E-state index in [0.717, 1.165) is 12.1 Å². The van der Waals surface area contributed by atoms with Crippen LogP contribution in [0, 0.1) is 17.0 Å². The number of aliphatic hydroxyl groups excluding tert-OH is 1. The molecule has 4 nitrogen and oxygen atoms in total. The van der Waals surface area contributed by atoms with Crippen molar-refractivity contribution < 1.29 is 18.7 Å². The van der Waals surface area contributed by atoms with Crippen molar-refractivity contribution in [2.24, 2.45) is 5.41 Å². The number of urea groups is 1. The molecule has 3 N–H and O–H groups in total. The van der Waals surface area contributed by atoms with E-state index in [-0.39, 0.29) is 18.1 Å². The average Bonchev–Trinajstić information content (AvgIpc) is 2.39. The Morgan fingerprint density at radius 2 is 1.86 bits per heavy atom. The van der Waals surface area contributed by atoms with Crippen LogP contribution in [-0.4, -0.2) is 23.8 Å². The number of halogens is 2. The maximum Gasteiger partial charge on any atom is 0.315 e. The summed E-state index contributed by atoms with van der Waals surface area (Å²) in [7, 11) is 0. The van der Waals surface area contributed by atoms with Crippen molar-refractivity contribution in [2.75, 3.05) is 6.61 Å². The minimum atomic E-state index is -0.951. The van der Waals surface area contributed by atoms with Crippen molar-refractivity contribution in [3.05, 3.63) is 35.4 Å². The molecule has 2 amide bonds. The highest BCUT2D eigenvalue weighted by molar-refractivity contribution is 5.74. The molecule has 0 radical (unpaired) electrons. The molecule has 22 heavy (non-hydrogen) atoms. The highest BCUT2D eigenvalue weighted by Gasteiger charge is 2.20. The van der Waals surface area contributed by atoms with Gasteiger partial charge >= 0.3 is 6.03 Å². The van der Waals surface area contributed by atoms with E-state index in [0.29, 0.717) is 12.0 Å². The van der Waals surface area contributed by atoms with Crippen molar-refractivity contribution in [2.45, 2.75) is 46.2 Å². The van der Waals surface area contributed by atoms with Crippen LogP contribution in [0.4, 0.5) is 13.6 Å². The summed E-state index contributed by atoms with van der Waals surface area (Å²) in [6.45, 7) is 7.55. The molecule has 0 saturated carbocycles. The first kappa shape index (κ1) is 18.4. The summed E-state index contributed by atoms with van der Waals surface area (Å²) in [6.07, 6.45) is 0.622. The van der Waals surface area contributed by atoms with Crippen molar-refractivity contribution in [3.8, 4) is 0 Å². The summed E-state index contributed by atoms with van der Waals surface area (Å²) >= 11 is 0. The lowest BCUT2D eigenvalue weighted by molar-refractivity contribution is 0.189. The van der Waals surface area contributed by atoms with Crippen LogP contribution < -0.4 is 10.6 Å². The van der Waals surface area contributed by atoms with E-state index in [1.165, 1.54) is 6.07 Å². The fourth-order valence-electron chi connectivity index (χ4n) is 2.19. The monoisotopic (exact) mass is 314 g/mol. The lowest BCUT2D eigenvalue weighted by Gasteiger charge is -2.26. The number of rotatable bonds is 5. The van der Waals surface area contributed by atoms with Crippen molar-refractivity contribution in [1.82, 2.24) is 10.6 Å². The van der Waals surface area contributed by atoms with Crippen LogP contribution in [0.1, 0.15) is 45.7 Å². The number of carbonyl (C=O) groups excluding carboxylic acids is 1. The Kier molecular flexibility index (Phi) is 6.29. The predicted molar refractivity (Wildman–Crippen MR) is 81.4 cm³/mol. The van der Waals surface area contributed by atoms with Crippen LogP contribution in [0.15, 0.2) is 18.2 Å². The van der Waals surface area contributed by atoms with E-state index in [1.807, 2.05) is 20.8 Å². The summed E-state index contributed by atoms with van der Waals surface area (Å²) in [4.78, 5) is 11.9. The molecular weight excluding hydrogens is 290 g/mol. The van der Waals surface area contributed by atoms with Gasteiger partial charge in [-0.25, -0.2) is 13.6 Å². The molecule has 0 heterocycles. The number of nitrogens with one attached hydrogen (secondary N) is 2. The zero-order valence-electron chi connectivity index (χ0n) is 13.4. The quantitative estimate of drug-likeness (QED) is 0.782. The van der Waals surface area contributed by atoms with Crippen LogP contribution in [0.3, 0.4) is 0 Å². The van der Waals surface area contributed by atoms with Gasteiger partial charge in [-0.2, -0.15) is 0 Å². The lowest BCUT2D eigenvalue weighted by atomic mass is 9.88. The Balaban J connectivity index is 2.61. The van der Waals surface area contributed by atoms with Gasteiger partial charge in [0.25, 0.3) is 0 Å². The van der Waals surface area contributed by atoms with E-state index < -0.39 is 23.7 Å². The van der Waals surface area contributed by atoms with Gasteiger partial charge in [0, 0.05) is 0 Å². The van der Waals surface area contributed by atoms with Gasteiger partial charge < -0.3 is 15.7 Å². The molecule has 0 aliphatic rings. The first-order chi connectivity index (χ1) is 10.1. The largest absolute Gasteiger partial charge is 0.394 e. The molecule has 1 aromatic carbocycles. The molecule has 6 heteroatoms. The average molecular weight is 314 g/mol. The van der Waals surface area contributed by atoms with E-state index in [2.05, 4.69) is 10.6 Å². The third-order valence-electron chi connectivity index (χ3n) is 3.21. The third kappa shape index (κ3) is 5.97. The van der Waals surface area contributed by atoms with Crippen LogP contribution in [0.5, 0.6) is 0 Å². The van der Waals surface area contributed by atoms with Crippen molar-refractivity contribution in [3.63, 3.8) is 0 Å². The second kappa shape index (κ2) is 7.54. The second-order valence-electron chi connectivity index (χ2n) is 6.66. The van der Waals surface area contributed by atoms with Gasteiger partial charge in [0.05, 0.1) is 18.7 Å². The van der Waals surface area contributed by atoms with Gasteiger partial charge in [-0.1, -0.05) is 26.8 Å². The lowest BCUT2D eigenvalue weighted by Crippen LogP contribution is -2.46. The molecule has 124 valence electrons. The van der Waals surface area contributed by atoms with E-state index in [9.17, 15) is 18.7 Å². The minimum absolute atomic E-state index is 0.0353. The molecule has 0 saturated heterocycles. The van der Waals surface area contributed by atoms with E-state index in [1.54, 1.807) is 6.92 Å². The number of hydrogen-bond acceptors (Lipinski definition) is 2. The van der Waals surface area contributed by atoms with Gasteiger partial charge in [0.15, 0.2) is 11.6 Å². The first-order valence-corrected chi connectivity index (χ1v) is 7.25. The molecule has 2 atom stereocenters. The number of hydrogen-bond donors (Lipinski definition) is 3. The summed E-state index contributed by atoms with van der Waals surface area (Å²) in [5, 5.41) is 14.6. The summed E-state index contributed by atoms with van der Waals surface area (Å²) < 4.78 is 26.1. The van der Waals surface area contributed by atoms with Gasteiger partial charge in [-0.15, -0.1) is 0 Å². The zero-order chi connectivity index (χ0) is 16.9. The fourth-order valence-corrected chi connectivity index (χ4v) is 2.19. The molecule has 0 aliphatic carbocycles. The molecule has 0 aromatic heterocycles. The van der Waals surface area contributed by atoms with Gasteiger partial charge in [0.2, 0.25) is 0 Å². The Morgan fingerprint density at radius 3 is 2.36 bits per heavy atom. The Bertz CT molecular complexity index is 515. The van der Waals surface area contributed by atoms with Crippen molar-refractivity contribution >= 4 is 6.03 Å².